The van der Waals surface area contributed by atoms with E-state index >= 15 is 0 Å². The van der Waals surface area contributed by atoms with Gasteiger partial charge in [-0.05, 0) is 18.1 Å². The first-order chi connectivity index (χ1) is 8.36. The molecule has 1 aliphatic heterocycles. The van der Waals surface area contributed by atoms with Gasteiger partial charge < -0.3 is 14.2 Å². The molecule has 0 bridgehead atoms. The largest absolute Gasteiger partial charge is 0.377 e. The monoisotopic (exact) mass is 300 g/mol. The molecule has 0 saturated carbocycles. The Morgan fingerprint density at radius 3 is 2.76 bits per heavy atom. The Bertz CT molecular complexity index is 337. The van der Waals surface area contributed by atoms with Crippen LogP contribution < -0.4 is 0 Å². The van der Waals surface area contributed by atoms with Crippen LogP contribution in [0.3, 0.4) is 0 Å². The van der Waals surface area contributed by atoms with Gasteiger partial charge in [-0.15, -0.1) is 0 Å². The Labute approximate surface area is 110 Å². The topological polar surface area (TPSA) is 27.7 Å². The molecular weight excluding hydrogens is 284 g/mol. The van der Waals surface area contributed by atoms with Crippen molar-refractivity contribution in [2.24, 2.45) is 0 Å². The summed E-state index contributed by atoms with van der Waals surface area (Å²) < 4.78 is 17.6. The lowest BCUT2D eigenvalue weighted by molar-refractivity contribution is -0.186. The van der Waals surface area contributed by atoms with E-state index in [9.17, 15) is 0 Å². The minimum atomic E-state index is -0.0806. The SMILES string of the molecule is Brc1ccccc1COCCC1OCCCO1. The first-order valence-corrected chi connectivity index (χ1v) is 6.70. The summed E-state index contributed by atoms with van der Waals surface area (Å²) in [4.78, 5) is 0. The molecular formula is C13H17BrO3. The quantitative estimate of drug-likeness (QED) is 0.782. The molecule has 0 N–H and O–H groups in total. The molecule has 4 heteroatoms. The first kappa shape index (κ1) is 13.0. The highest BCUT2D eigenvalue weighted by atomic mass is 79.9. The normalized spacial score (nSPS) is 17.2. The van der Waals surface area contributed by atoms with E-state index in [2.05, 4.69) is 22.0 Å². The van der Waals surface area contributed by atoms with Crippen molar-refractivity contribution >= 4 is 15.9 Å². The number of rotatable bonds is 5. The maximum absolute atomic E-state index is 5.61. The van der Waals surface area contributed by atoms with Gasteiger partial charge in [0.1, 0.15) is 0 Å². The predicted octanol–water partition coefficient (Wildman–Crippen LogP) is 3.12. The van der Waals surface area contributed by atoms with Crippen LogP contribution in [0.1, 0.15) is 18.4 Å². The number of hydrogen-bond acceptors (Lipinski definition) is 3. The highest BCUT2D eigenvalue weighted by Gasteiger charge is 2.13. The Morgan fingerprint density at radius 1 is 1.24 bits per heavy atom. The highest BCUT2D eigenvalue weighted by molar-refractivity contribution is 9.10. The number of ether oxygens (including phenoxy) is 3. The van der Waals surface area contributed by atoms with Crippen molar-refractivity contribution in [2.45, 2.75) is 25.7 Å². The molecule has 1 aliphatic rings. The first-order valence-electron chi connectivity index (χ1n) is 5.90. The minimum Gasteiger partial charge on any atom is -0.377 e. The van der Waals surface area contributed by atoms with Gasteiger partial charge in [0.25, 0.3) is 0 Å². The molecule has 0 aliphatic carbocycles. The fourth-order valence-corrected chi connectivity index (χ4v) is 2.08. The molecule has 0 atom stereocenters. The van der Waals surface area contributed by atoms with Crippen LogP contribution in [-0.4, -0.2) is 26.1 Å². The minimum absolute atomic E-state index is 0.0806. The molecule has 0 spiro atoms. The van der Waals surface area contributed by atoms with Gasteiger partial charge >= 0.3 is 0 Å². The lowest BCUT2D eigenvalue weighted by Gasteiger charge is -2.22. The van der Waals surface area contributed by atoms with Gasteiger partial charge in [0, 0.05) is 10.9 Å². The Morgan fingerprint density at radius 2 is 2.00 bits per heavy atom. The van der Waals surface area contributed by atoms with Crippen LogP contribution in [0.4, 0.5) is 0 Å². The van der Waals surface area contributed by atoms with Gasteiger partial charge in [-0.3, -0.25) is 0 Å². The highest BCUT2D eigenvalue weighted by Crippen LogP contribution is 2.17. The van der Waals surface area contributed by atoms with Gasteiger partial charge in [0.15, 0.2) is 6.29 Å². The third-order valence-corrected chi connectivity index (χ3v) is 3.38. The van der Waals surface area contributed by atoms with Gasteiger partial charge in [0.2, 0.25) is 0 Å². The van der Waals surface area contributed by atoms with Gasteiger partial charge in [-0.1, -0.05) is 34.1 Å². The van der Waals surface area contributed by atoms with Crippen LogP contribution in [0.25, 0.3) is 0 Å². The summed E-state index contributed by atoms with van der Waals surface area (Å²) in [5.41, 5.74) is 1.16. The number of halogens is 1. The number of hydrogen-bond donors (Lipinski definition) is 0. The van der Waals surface area contributed by atoms with Crippen LogP contribution in [0.5, 0.6) is 0 Å². The van der Waals surface area contributed by atoms with Crippen molar-refractivity contribution in [3.63, 3.8) is 0 Å². The lowest BCUT2D eigenvalue weighted by atomic mass is 10.2. The molecule has 0 unspecified atom stereocenters. The van der Waals surface area contributed by atoms with E-state index in [4.69, 9.17) is 14.2 Å². The van der Waals surface area contributed by atoms with E-state index in [1.807, 2.05) is 18.2 Å². The molecule has 1 aromatic rings. The third kappa shape index (κ3) is 4.39. The molecule has 2 rings (SSSR count). The molecule has 1 aromatic carbocycles. The zero-order chi connectivity index (χ0) is 11.9. The molecule has 0 aromatic heterocycles. The van der Waals surface area contributed by atoms with Gasteiger partial charge in [-0.25, -0.2) is 0 Å². The average Bonchev–Trinajstić information content (AvgIpc) is 2.38. The molecule has 0 radical (unpaired) electrons. The van der Waals surface area contributed by atoms with E-state index in [1.54, 1.807) is 0 Å². The van der Waals surface area contributed by atoms with Gasteiger partial charge in [0.05, 0.1) is 26.4 Å². The van der Waals surface area contributed by atoms with Crippen molar-refractivity contribution in [2.75, 3.05) is 19.8 Å². The lowest BCUT2D eigenvalue weighted by Crippen LogP contribution is -2.26. The van der Waals surface area contributed by atoms with E-state index in [0.717, 1.165) is 36.1 Å². The molecule has 17 heavy (non-hydrogen) atoms. The predicted molar refractivity (Wildman–Crippen MR) is 68.7 cm³/mol. The van der Waals surface area contributed by atoms with Crippen LogP contribution in [-0.2, 0) is 20.8 Å². The Kier molecular flexibility index (Phi) is 5.45. The summed E-state index contributed by atoms with van der Waals surface area (Å²) in [5, 5.41) is 0. The molecule has 3 nitrogen and oxygen atoms in total. The van der Waals surface area contributed by atoms with Crippen LogP contribution in [0.15, 0.2) is 28.7 Å². The van der Waals surface area contributed by atoms with E-state index < -0.39 is 0 Å². The van der Waals surface area contributed by atoms with E-state index in [0.29, 0.717) is 13.2 Å². The van der Waals surface area contributed by atoms with E-state index in [1.165, 1.54) is 0 Å². The van der Waals surface area contributed by atoms with Crippen LogP contribution in [0, 0.1) is 0 Å². The fraction of sp³-hybridized carbons (Fsp3) is 0.538. The van der Waals surface area contributed by atoms with Crippen molar-refractivity contribution < 1.29 is 14.2 Å². The maximum atomic E-state index is 5.61. The molecule has 1 heterocycles. The summed E-state index contributed by atoms with van der Waals surface area (Å²) in [7, 11) is 0. The average molecular weight is 301 g/mol. The smallest absolute Gasteiger partial charge is 0.159 e. The molecule has 94 valence electrons. The summed E-state index contributed by atoms with van der Waals surface area (Å²) >= 11 is 3.50. The second-order valence-electron chi connectivity index (χ2n) is 3.96. The summed E-state index contributed by atoms with van der Waals surface area (Å²) in [6.07, 6.45) is 1.71. The molecule has 0 amide bonds. The number of benzene rings is 1. The summed E-state index contributed by atoms with van der Waals surface area (Å²) in [6.45, 7) is 2.88. The van der Waals surface area contributed by atoms with Crippen LogP contribution >= 0.6 is 15.9 Å². The van der Waals surface area contributed by atoms with Crippen molar-refractivity contribution in [3.05, 3.63) is 34.3 Å². The van der Waals surface area contributed by atoms with E-state index in [-0.39, 0.29) is 6.29 Å². The second-order valence-corrected chi connectivity index (χ2v) is 4.81. The fourth-order valence-electron chi connectivity index (χ4n) is 1.68. The van der Waals surface area contributed by atoms with Crippen molar-refractivity contribution in [3.8, 4) is 0 Å². The Hall–Kier alpha value is -0.420. The summed E-state index contributed by atoms with van der Waals surface area (Å²) in [6, 6.07) is 8.08. The van der Waals surface area contributed by atoms with Crippen molar-refractivity contribution in [1.82, 2.24) is 0 Å². The second kappa shape index (κ2) is 7.11. The third-order valence-electron chi connectivity index (χ3n) is 2.61. The zero-order valence-corrected chi connectivity index (χ0v) is 11.3. The maximum Gasteiger partial charge on any atom is 0.159 e. The molecule has 1 fully saturated rings. The standard InChI is InChI=1S/C13H17BrO3/c14-12-5-2-1-4-11(12)10-15-9-6-13-16-7-3-8-17-13/h1-2,4-5,13H,3,6-10H2. The van der Waals surface area contributed by atoms with Gasteiger partial charge in [-0.2, -0.15) is 0 Å². The van der Waals surface area contributed by atoms with Crippen LogP contribution in [0.2, 0.25) is 0 Å². The zero-order valence-electron chi connectivity index (χ0n) is 9.73. The Balaban J connectivity index is 1.64. The molecule has 1 saturated heterocycles. The van der Waals surface area contributed by atoms with Crippen molar-refractivity contribution in [1.29, 1.82) is 0 Å². The summed E-state index contributed by atoms with van der Waals surface area (Å²) in [5.74, 6) is 0.